The fourth-order valence-corrected chi connectivity index (χ4v) is 5.18. The highest BCUT2D eigenvalue weighted by Crippen LogP contribution is 2.27. The molecule has 1 saturated heterocycles. The number of hydrogen-bond acceptors (Lipinski definition) is 9. The Morgan fingerprint density at radius 3 is 2.87 bits per heavy atom. The first kappa shape index (κ1) is 20.8. The van der Waals surface area contributed by atoms with Crippen molar-refractivity contribution in [2.75, 3.05) is 37.9 Å². The van der Waals surface area contributed by atoms with E-state index in [4.69, 9.17) is 9.72 Å². The third kappa shape index (κ3) is 3.70. The first-order valence-electron chi connectivity index (χ1n) is 9.65. The predicted molar refractivity (Wildman–Crippen MR) is 121 cm³/mol. The Bertz CT molecular complexity index is 1100. The lowest BCUT2D eigenvalue weighted by Crippen LogP contribution is -2.34. The second kappa shape index (κ2) is 8.75. The molecule has 0 aromatic carbocycles. The lowest BCUT2D eigenvalue weighted by molar-refractivity contribution is 0.0524. The van der Waals surface area contributed by atoms with Crippen LogP contribution in [-0.2, 0) is 4.74 Å². The predicted octanol–water partition coefficient (Wildman–Crippen LogP) is 2.16. The summed E-state index contributed by atoms with van der Waals surface area (Å²) >= 11 is 3.24. The van der Waals surface area contributed by atoms with Crippen LogP contribution in [0.4, 0.5) is 5.82 Å². The molecule has 0 amide bonds. The zero-order valence-electron chi connectivity index (χ0n) is 17.0. The molecule has 8 nitrogen and oxygen atoms in total. The summed E-state index contributed by atoms with van der Waals surface area (Å²) in [4.78, 5) is 36.7. The van der Waals surface area contributed by atoms with Crippen molar-refractivity contribution >= 4 is 45.9 Å². The Kier molecular flexibility index (Phi) is 6.07. The number of carbonyl (C=O) groups excluding carboxylic acids is 1. The number of nitrogens with zero attached hydrogens (tertiary/aromatic N) is 4. The summed E-state index contributed by atoms with van der Waals surface area (Å²) in [6.45, 7) is 3.61. The van der Waals surface area contributed by atoms with Crippen LogP contribution in [0.1, 0.15) is 17.3 Å². The van der Waals surface area contributed by atoms with Crippen LogP contribution in [0.5, 0.6) is 0 Å². The number of hydrogen-bond donors (Lipinski definition) is 1. The van der Waals surface area contributed by atoms with Gasteiger partial charge in [-0.05, 0) is 32.4 Å². The Hall–Kier alpha value is -2.43. The fourth-order valence-electron chi connectivity index (χ4n) is 3.68. The molecule has 158 valence electrons. The number of fused-ring (bicyclic) bond motifs is 1. The number of rotatable bonds is 6. The molecule has 0 spiro atoms. The van der Waals surface area contributed by atoms with Crippen molar-refractivity contribution in [1.29, 1.82) is 0 Å². The highest BCUT2D eigenvalue weighted by Gasteiger charge is 2.32. The Balaban J connectivity index is 1.85. The van der Waals surface area contributed by atoms with Crippen LogP contribution in [0.2, 0.25) is 0 Å². The number of nitrogens with one attached hydrogen (secondary N) is 1. The van der Waals surface area contributed by atoms with Crippen molar-refractivity contribution in [2.45, 2.75) is 18.2 Å². The van der Waals surface area contributed by atoms with Gasteiger partial charge in [-0.3, -0.25) is 9.36 Å². The third-order valence-electron chi connectivity index (χ3n) is 5.22. The summed E-state index contributed by atoms with van der Waals surface area (Å²) < 4.78 is 6.78. The minimum absolute atomic E-state index is 0.0204. The van der Waals surface area contributed by atoms with Gasteiger partial charge in [-0.25, -0.2) is 14.8 Å². The van der Waals surface area contributed by atoms with E-state index < -0.39 is 5.97 Å². The second-order valence-electron chi connectivity index (χ2n) is 6.89. The molecule has 2 atom stereocenters. The molecule has 0 saturated carbocycles. The zero-order chi connectivity index (χ0) is 21.3. The van der Waals surface area contributed by atoms with Gasteiger partial charge in [0.25, 0.3) is 0 Å². The SMILES string of the molecule is CCOC(=O)c1cn(-c2nccs2)c2nc(N3C[C@H](NC)[C@@H](SC)C3)ccc2c1=O. The highest BCUT2D eigenvalue weighted by atomic mass is 32.2. The molecule has 4 heterocycles. The summed E-state index contributed by atoms with van der Waals surface area (Å²) in [6.07, 6.45) is 5.28. The van der Waals surface area contributed by atoms with Gasteiger partial charge in [-0.2, -0.15) is 11.8 Å². The van der Waals surface area contributed by atoms with Crippen LogP contribution in [-0.4, -0.2) is 64.8 Å². The van der Waals surface area contributed by atoms with E-state index in [2.05, 4.69) is 21.5 Å². The van der Waals surface area contributed by atoms with Gasteiger partial charge in [0, 0.05) is 42.2 Å². The van der Waals surface area contributed by atoms with E-state index in [1.165, 1.54) is 17.5 Å². The number of carbonyl (C=O) groups is 1. The van der Waals surface area contributed by atoms with Crippen LogP contribution in [0.3, 0.4) is 0 Å². The minimum atomic E-state index is -0.641. The summed E-state index contributed by atoms with van der Waals surface area (Å²) in [7, 11) is 1.97. The molecule has 0 radical (unpaired) electrons. The largest absolute Gasteiger partial charge is 0.462 e. The topological polar surface area (TPSA) is 89.3 Å². The van der Waals surface area contributed by atoms with Crippen molar-refractivity contribution in [3.8, 4) is 5.13 Å². The van der Waals surface area contributed by atoms with Gasteiger partial charge in [-0.15, -0.1) is 11.3 Å². The summed E-state index contributed by atoms with van der Waals surface area (Å²) in [5.41, 5.74) is 0.0777. The molecule has 3 aromatic rings. The molecule has 0 aliphatic carbocycles. The lowest BCUT2D eigenvalue weighted by atomic mass is 10.2. The summed E-state index contributed by atoms with van der Waals surface area (Å²) in [5, 5.41) is 6.67. The number of anilines is 1. The molecule has 4 rings (SSSR count). The van der Waals surface area contributed by atoms with Gasteiger partial charge in [0.05, 0.1) is 12.0 Å². The average molecular weight is 446 g/mol. The molecule has 0 bridgehead atoms. The monoisotopic (exact) mass is 445 g/mol. The van der Waals surface area contributed by atoms with Crippen LogP contribution in [0, 0.1) is 0 Å². The number of aromatic nitrogens is 3. The van der Waals surface area contributed by atoms with E-state index >= 15 is 0 Å². The summed E-state index contributed by atoms with van der Waals surface area (Å²) in [6, 6.07) is 3.96. The van der Waals surface area contributed by atoms with E-state index in [0.29, 0.717) is 27.5 Å². The first-order valence-corrected chi connectivity index (χ1v) is 11.8. The standard InChI is InChI=1S/C20H23N5O3S2/c1-4-28-19(27)13-9-25(20-22-7-8-30-20)18-12(17(13)26)5-6-16(23-18)24-10-14(21-2)15(11-24)29-3/h5-9,14-15,21H,4,10-11H2,1-3H3/t14-,15-/m0/s1. The number of likely N-dealkylation sites (N-methyl/N-ethyl adjacent to an activating group) is 1. The van der Waals surface area contributed by atoms with Gasteiger partial charge in [0.1, 0.15) is 11.4 Å². The van der Waals surface area contributed by atoms with E-state index in [-0.39, 0.29) is 17.6 Å². The van der Waals surface area contributed by atoms with E-state index in [1.54, 1.807) is 23.8 Å². The smallest absolute Gasteiger partial charge is 0.343 e. The lowest BCUT2D eigenvalue weighted by Gasteiger charge is -2.18. The molecule has 30 heavy (non-hydrogen) atoms. The highest BCUT2D eigenvalue weighted by molar-refractivity contribution is 7.99. The van der Waals surface area contributed by atoms with Crippen LogP contribution >= 0.6 is 23.1 Å². The Morgan fingerprint density at radius 1 is 1.40 bits per heavy atom. The molecule has 1 N–H and O–H groups in total. The normalized spacial score (nSPS) is 18.8. The van der Waals surface area contributed by atoms with Crippen molar-refractivity contribution in [3.63, 3.8) is 0 Å². The Morgan fingerprint density at radius 2 is 2.23 bits per heavy atom. The molecule has 3 aromatic heterocycles. The number of pyridine rings is 2. The molecular weight excluding hydrogens is 422 g/mol. The number of esters is 1. The average Bonchev–Trinajstić information content (AvgIpc) is 3.43. The maximum absolute atomic E-state index is 13.0. The number of thiazole rings is 1. The van der Waals surface area contributed by atoms with E-state index in [0.717, 1.165) is 18.9 Å². The van der Waals surface area contributed by atoms with Crippen LogP contribution < -0.4 is 15.6 Å². The second-order valence-corrected chi connectivity index (χ2v) is 8.84. The molecular formula is C20H23N5O3S2. The van der Waals surface area contributed by atoms with Gasteiger partial charge in [0.15, 0.2) is 10.8 Å². The quantitative estimate of drug-likeness (QED) is 0.578. The molecule has 1 aliphatic heterocycles. The van der Waals surface area contributed by atoms with Gasteiger partial charge in [0.2, 0.25) is 5.43 Å². The Labute approximate surface area is 182 Å². The van der Waals surface area contributed by atoms with Crippen molar-refractivity contribution < 1.29 is 9.53 Å². The maximum Gasteiger partial charge on any atom is 0.343 e. The number of ether oxygens (including phenoxy) is 1. The van der Waals surface area contributed by atoms with E-state index in [9.17, 15) is 9.59 Å². The van der Waals surface area contributed by atoms with Gasteiger partial charge in [-0.1, -0.05) is 0 Å². The van der Waals surface area contributed by atoms with Crippen LogP contribution in [0.25, 0.3) is 16.2 Å². The first-order chi connectivity index (χ1) is 14.6. The molecule has 10 heteroatoms. The minimum Gasteiger partial charge on any atom is -0.462 e. The van der Waals surface area contributed by atoms with Crippen LogP contribution in [0.15, 0.2) is 34.7 Å². The molecule has 0 unspecified atom stereocenters. The zero-order valence-corrected chi connectivity index (χ0v) is 18.6. The molecule has 1 fully saturated rings. The van der Waals surface area contributed by atoms with Crippen molar-refractivity contribution in [1.82, 2.24) is 19.9 Å². The third-order valence-corrected chi connectivity index (χ3v) is 7.07. The maximum atomic E-state index is 13.0. The van der Waals surface area contributed by atoms with E-state index in [1.807, 2.05) is 30.3 Å². The molecule has 1 aliphatic rings. The number of thioether (sulfide) groups is 1. The van der Waals surface area contributed by atoms with Gasteiger partial charge < -0.3 is 15.0 Å². The van der Waals surface area contributed by atoms with Crippen molar-refractivity contribution in [3.05, 3.63) is 45.7 Å². The van der Waals surface area contributed by atoms with Gasteiger partial charge >= 0.3 is 5.97 Å². The summed E-state index contributed by atoms with van der Waals surface area (Å²) in [5.74, 6) is 0.158. The fraction of sp³-hybridized carbons (Fsp3) is 0.400. The van der Waals surface area contributed by atoms with Crippen molar-refractivity contribution in [2.24, 2.45) is 0 Å².